The molecule has 4 heteroatoms. The van der Waals surface area contributed by atoms with Crippen molar-refractivity contribution in [2.75, 3.05) is 0 Å². The van der Waals surface area contributed by atoms with Crippen LogP contribution in [0.15, 0.2) is 60.8 Å². The second kappa shape index (κ2) is 6.02. The number of fused-ring (bicyclic) bond motifs is 2. The highest BCUT2D eigenvalue weighted by Crippen LogP contribution is 2.32. The van der Waals surface area contributed by atoms with Crippen LogP contribution < -0.4 is 4.74 Å². The molecule has 0 aliphatic rings. The van der Waals surface area contributed by atoms with E-state index in [1.807, 2.05) is 30.3 Å². The van der Waals surface area contributed by atoms with Crippen LogP contribution in [0.5, 0.6) is 5.75 Å². The van der Waals surface area contributed by atoms with Gasteiger partial charge in [-0.05, 0) is 28.5 Å². The van der Waals surface area contributed by atoms with E-state index in [4.69, 9.17) is 16.3 Å². The molecule has 4 aromatic rings. The van der Waals surface area contributed by atoms with Gasteiger partial charge < -0.3 is 9.72 Å². The number of carbonyl (C=O) groups is 1. The number of carbonyl (C=O) groups excluding carboxylic acids is 1. The van der Waals surface area contributed by atoms with E-state index in [1.54, 1.807) is 12.3 Å². The zero-order valence-corrected chi connectivity index (χ0v) is 13.5. The highest BCUT2D eigenvalue weighted by molar-refractivity contribution is 6.33. The van der Waals surface area contributed by atoms with Crippen LogP contribution in [-0.2, 0) is 6.61 Å². The molecule has 0 atom stereocenters. The Morgan fingerprint density at radius 1 is 1.04 bits per heavy atom. The second-order valence-corrected chi connectivity index (χ2v) is 6.02. The van der Waals surface area contributed by atoms with E-state index in [1.165, 1.54) is 5.39 Å². The minimum Gasteiger partial charge on any atom is -0.487 e. The van der Waals surface area contributed by atoms with Gasteiger partial charge >= 0.3 is 0 Å². The first kappa shape index (κ1) is 14.8. The third kappa shape index (κ3) is 2.53. The third-order valence-electron chi connectivity index (χ3n) is 4.16. The quantitative estimate of drug-likeness (QED) is 0.510. The molecule has 0 aliphatic carbocycles. The molecule has 3 aromatic carbocycles. The number of ether oxygens (including phenoxy) is 1. The molecule has 0 unspecified atom stereocenters. The predicted molar refractivity (Wildman–Crippen MR) is 97.0 cm³/mol. The Labute approximate surface area is 143 Å². The molecule has 24 heavy (non-hydrogen) atoms. The van der Waals surface area contributed by atoms with Gasteiger partial charge in [0.05, 0.1) is 5.02 Å². The third-order valence-corrected chi connectivity index (χ3v) is 4.45. The number of hydrogen-bond acceptors (Lipinski definition) is 2. The summed E-state index contributed by atoms with van der Waals surface area (Å²) in [4.78, 5) is 14.1. The molecule has 118 valence electrons. The lowest BCUT2D eigenvalue weighted by molar-refractivity contribution is 0.112. The van der Waals surface area contributed by atoms with Crippen LogP contribution in [0, 0.1) is 0 Å². The number of hydrogen-bond donors (Lipinski definition) is 1. The molecular weight excluding hydrogens is 322 g/mol. The van der Waals surface area contributed by atoms with Crippen molar-refractivity contribution in [1.29, 1.82) is 0 Å². The van der Waals surface area contributed by atoms with E-state index < -0.39 is 0 Å². The van der Waals surface area contributed by atoms with Crippen molar-refractivity contribution in [2.24, 2.45) is 0 Å². The van der Waals surface area contributed by atoms with E-state index in [0.29, 0.717) is 22.9 Å². The average Bonchev–Trinajstić information content (AvgIpc) is 3.01. The molecule has 0 bridgehead atoms. The van der Waals surface area contributed by atoms with E-state index >= 15 is 0 Å². The van der Waals surface area contributed by atoms with Crippen molar-refractivity contribution < 1.29 is 9.53 Å². The molecular formula is C20H14ClNO2. The van der Waals surface area contributed by atoms with E-state index in [0.717, 1.165) is 28.1 Å². The van der Waals surface area contributed by atoms with Gasteiger partial charge in [-0.15, -0.1) is 0 Å². The molecule has 4 rings (SSSR count). The summed E-state index contributed by atoms with van der Waals surface area (Å²) in [5.74, 6) is 0.569. The largest absolute Gasteiger partial charge is 0.487 e. The van der Waals surface area contributed by atoms with Gasteiger partial charge in [0.1, 0.15) is 12.4 Å². The van der Waals surface area contributed by atoms with E-state index in [2.05, 4.69) is 23.2 Å². The van der Waals surface area contributed by atoms with Crippen molar-refractivity contribution >= 4 is 39.6 Å². The van der Waals surface area contributed by atoms with Gasteiger partial charge in [-0.25, -0.2) is 0 Å². The summed E-state index contributed by atoms with van der Waals surface area (Å²) >= 11 is 6.31. The molecule has 3 nitrogen and oxygen atoms in total. The molecule has 1 heterocycles. The molecule has 0 aliphatic heterocycles. The van der Waals surface area contributed by atoms with Crippen LogP contribution in [0.2, 0.25) is 5.02 Å². The number of aromatic amines is 1. The Hall–Kier alpha value is -2.78. The summed E-state index contributed by atoms with van der Waals surface area (Å²) in [5, 5.41) is 3.66. The number of benzene rings is 3. The Balaban J connectivity index is 1.69. The summed E-state index contributed by atoms with van der Waals surface area (Å²) < 4.78 is 5.95. The summed E-state index contributed by atoms with van der Waals surface area (Å²) in [6.45, 7) is 0.410. The predicted octanol–water partition coefficient (Wildman–Crippen LogP) is 5.37. The smallest absolute Gasteiger partial charge is 0.152 e. The van der Waals surface area contributed by atoms with Crippen LogP contribution in [0.4, 0.5) is 0 Å². The topological polar surface area (TPSA) is 42.1 Å². The van der Waals surface area contributed by atoms with Crippen LogP contribution in [0.3, 0.4) is 0 Å². The van der Waals surface area contributed by atoms with Gasteiger partial charge in [0.15, 0.2) is 6.29 Å². The number of aldehydes is 1. The summed E-state index contributed by atoms with van der Waals surface area (Å²) in [7, 11) is 0. The number of halogens is 1. The molecule has 1 N–H and O–H groups in total. The Kier molecular flexibility index (Phi) is 3.71. The summed E-state index contributed by atoms with van der Waals surface area (Å²) in [5.41, 5.74) is 2.50. The fraction of sp³-hybridized carbons (Fsp3) is 0.0500. The van der Waals surface area contributed by atoms with Gasteiger partial charge in [0.25, 0.3) is 0 Å². The van der Waals surface area contributed by atoms with Gasteiger partial charge in [0, 0.05) is 22.7 Å². The normalized spacial score (nSPS) is 11.0. The molecule has 0 spiro atoms. The standard InChI is InChI=1S/C20H14ClNO2/c21-18-9-19-17(15(11-23)10-22-19)8-20(18)24-12-14-6-3-5-13-4-1-2-7-16(13)14/h1-11,22H,12H2. The first-order chi connectivity index (χ1) is 11.8. The number of rotatable bonds is 4. The Bertz CT molecular complexity index is 1050. The Morgan fingerprint density at radius 3 is 2.75 bits per heavy atom. The molecule has 0 amide bonds. The zero-order valence-electron chi connectivity index (χ0n) is 12.8. The van der Waals surface area contributed by atoms with Gasteiger partial charge in [0.2, 0.25) is 0 Å². The van der Waals surface area contributed by atoms with Gasteiger partial charge in [-0.2, -0.15) is 0 Å². The Morgan fingerprint density at radius 2 is 1.88 bits per heavy atom. The average molecular weight is 336 g/mol. The maximum atomic E-state index is 11.1. The number of H-pyrrole nitrogens is 1. The number of aromatic nitrogens is 1. The summed E-state index contributed by atoms with van der Waals surface area (Å²) in [6.07, 6.45) is 2.49. The SMILES string of the molecule is O=Cc1c[nH]c2cc(Cl)c(OCc3cccc4ccccc34)cc12. The molecule has 0 fully saturated rings. The maximum absolute atomic E-state index is 11.1. The number of nitrogens with one attached hydrogen (secondary N) is 1. The molecule has 0 saturated heterocycles. The van der Waals surface area contributed by atoms with E-state index in [9.17, 15) is 4.79 Å². The van der Waals surface area contributed by atoms with Crippen LogP contribution in [-0.4, -0.2) is 11.3 Å². The van der Waals surface area contributed by atoms with Crippen LogP contribution >= 0.6 is 11.6 Å². The fourth-order valence-electron chi connectivity index (χ4n) is 2.93. The lowest BCUT2D eigenvalue weighted by atomic mass is 10.1. The van der Waals surface area contributed by atoms with Crippen molar-refractivity contribution in [3.63, 3.8) is 0 Å². The van der Waals surface area contributed by atoms with Crippen LogP contribution in [0.25, 0.3) is 21.7 Å². The van der Waals surface area contributed by atoms with Crippen molar-refractivity contribution in [2.45, 2.75) is 6.61 Å². The first-order valence-electron chi connectivity index (χ1n) is 7.61. The molecule has 1 aromatic heterocycles. The van der Waals surface area contributed by atoms with Crippen molar-refractivity contribution in [3.05, 3.63) is 76.9 Å². The lowest BCUT2D eigenvalue weighted by Crippen LogP contribution is -1.97. The maximum Gasteiger partial charge on any atom is 0.152 e. The second-order valence-electron chi connectivity index (χ2n) is 5.62. The van der Waals surface area contributed by atoms with Gasteiger partial charge in [-0.3, -0.25) is 4.79 Å². The molecule has 0 saturated carbocycles. The summed E-state index contributed by atoms with van der Waals surface area (Å²) in [6, 6.07) is 17.9. The highest BCUT2D eigenvalue weighted by Gasteiger charge is 2.10. The lowest BCUT2D eigenvalue weighted by Gasteiger charge is -2.11. The zero-order chi connectivity index (χ0) is 16.5. The molecule has 0 radical (unpaired) electrons. The van der Waals surface area contributed by atoms with Crippen LogP contribution in [0.1, 0.15) is 15.9 Å². The monoisotopic (exact) mass is 335 g/mol. The van der Waals surface area contributed by atoms with Crippen molar-refractivity contribution in [3.8, 4) is 5.75 Å². The fourth-order valence-corrected chi connectivity index (χ4v) is 3.15. The van der Waals surface area contributed by atoms with Crippen molar-refractivity contribution in [1.82, 2.24) is 4.98 Å². The minimum atomic E-state index is 0.410. The van der Waals surface area contributed by atoms with E-state index in [-0.39, 0.29) is 0 Å². The highest BCUT2D eigenvalue weighted by atomic mass is 35.5. The minimum absolute atomic E-state index is 0.410. The first-order valence-corrected chi connectivity index (χ1v) is 7.99. The van der Waals surface area contributed by atoms with Gasteiger partial charge in [-0.1, -0.05) is 54.1 Å².